The highest BCUT2D eigenvalue weighted by atomic mass is 16.6. The predicted octanol–water partition coefficient (Wildman–Crippen LogP) is 2.30. The Labute approximate surface area is 103 Å². The van der Waals surface area contributed by atoms with Gasteiger partial charge in [-0.25, -0.2) is 0 Å². The molecule has 0 heterocycles. The molecule has 1 aromatic carbocycles. The van der Waals surface area contributed by atoms with E-state index in [1.807, 2.05) is 0 Å². The fourth-order valence-corrected chi connectivity index (χ4v) is 1.77. The van der Waals surface area contributed by atoms with Crippen LogP contribution in [0.25, 0.3) is 0 Å². The van der Waals surface area contributed by atoms with Gasteiger partial charge in [-0.2, -0.15) is 0 Å². The predicted molar refractivity (Wildman–Crippen MR) is 64.6 cm³/mol. The molecule has 1 N–H and O–H groups in total. The minimum Gasteiger partial charge on any atom is -0.393 e. The van der Waals surface area contributed by atoms with Gasteiger partial charge in [-0.3, -0.25) is 20.2 Å². The van der Waals surface area contributed by atoms with E-state index in [2.05, 4.69) is 0 Å². The van der Waals surface area contributed by atoms with Crippen molar-refractivity contribution in [2.75, 3.05) is 0 Å². The van der Waals surface area contributed by atoms with Crippen molar-refractivity contribution in [3.8, 4) is 0 Å². The minimum atomic E-state index is -0.912. The third kappa shape index (κ3) is 2.62. The molecular formula is C11H14N2O5. The molecule has 1 rings (SSSR count). The van der Waals surface area contributed by atoms with Crippen molar-refractivity contribution < 1.29 is 15.0 Å². The molecule has 1 aromatic rings. The molecule has 0 aromatic heterocycles. The Bertz CT molecular complexity index is 463. The number of nitro groups is 2. The molecule has 0 amide bonds. The molecule has 7 heteroatoms. The maximum Gasteiger partial charge on any atom is 0.280 e. The van der Waals surface area contributed by atoms with Gasteiger partial charge in [-0.15, -0.1) is 0 Å². The number of nitro benzene ring substituents is 2. The Morgan fingerprint density at radius 1 is 1.11 bits per heavy atom. The Kier molecular flexibility index (Phi) is 3.97. The molecule has 0 aliphatic carbocycles. The number of aryl methyl sites for hydroxylation is 1. The van der Waals surface area contributed by atoms with Crippen LogP contribution in [0, 0.1) is 27.2 Å². The summed E-state index contributed by atoms with van der Waals surface area (Å²) < 4.78 is 0. The second kappa shape index (κ2) is 5.09. The van der Waals surface area contributed by atoms with Gasteiger partial charge in [0.25, 0.3) is 11.4 Å². The highest BCUT2D eigenvalue weighted by Crippen LogP contribution is 2.37. The van der Waals surface area contributed by atoms with Crippen LogP contribution < -0.4 is 0 Å². The van der Waals surface area contributed by atoms with E-state index in [9.17, 15) is 25.3 Å². The van der Waals surface area contributed by atoms with Crippen molar-refractivity contribution in [1.29, 1.82) is 0 Å². The number of aliphatic hydroxyl groups is 1. The first-order valence-corrected chi connectivity index (χ1v) is 5.37. The standard InChI is InChI=1S/C11H14N2O5/c1-6-4-9(12(15)16)11(7(2)8(3)14)10(5-6)13(17)18/h4-5,7-8,14H,1-3H3. The van der Waals surface area contributed by atoms with E-state index >= 15 is 0 Å². The van der Waals surface area contributed by atoms with Gasteiger partial charge in [-0.1, -0.05) is 6.92 Å². The first-order valence-electron chi connectivity index (χ1n) is 5.37. The zero-order valence-corrected chi connectivity index (χ0v) is 10.3. The maximum absolute atomic E-state index is 11.0. The highest BCUT2D eigenvalue weighted by Gasteiger charge is 2.31. The van der Waals surface area contributed by atoms with Gasteiger partial charge >= 0.3 is 0 Å². The fraction of sp³-hybridized carbons (Fsp3) is 0.455. The molecule has 18 heavy (non-hydrogen) atoms. The molecule has 0 spiro atoms. The average molecular weight is 254 g/mol. The van der Waals surface area contributed by atoms with Gasteiger partial charge in [-0.05, 0) is 19.4 Å². The summed E-state index contributed by atoms with van der Waals surface area (Å²) in [5, 5.41) is 31.5. The Hall–Kier alpha value is -2.02. The SMILES string of the molecule is Cc1cc([N+](=O)[O-])c(C(C)C(C)O)c([N+](=O)[O-])c1. The molecule has 0 radical (unpaired) electrons. The topological polar surface area (TPSA) is 107 Å². The fourth-order valence-electron chi connectivity index (χ4n) is 1.77. The third-order valence-corrected chi connectivity index (χ3v) is 2.85. The van der Waals surface area contributed by atoms with Crippen molar-refractivity contribution in [3.63, 3.8) is 0 Å². The first kappa shape index (κ1) is 14.0. The number of aliphatic hydroxyl groups excluding tert-OH is 1. The number of rotatable bonds is 4. The van der Waals surface area contributed by atoms with Crippen LogP contribution in [0.1, 0.15) is 30.9 Å². The number of hydrogen-bond donors (Lipinski definition) is 1. The van der Waals surface area contributed by atoms with Crippen LogP contribution in [0.3, 0.4) is 0 Å². The summed E-state index contributed by atoms with van der Waals surface area (Å²) in [6.07, 6.45) is -0.912. The molecule has 0 aliphatic rings. The van der Waals surface area contributed by atoms with Gasteiger partial charge in [0, 0.05) is 18.1 Å². The number of nitrogens with zero attached hydrogens (tertiary/aromatic N) is 2. The van der Waals surface area contributed by atoms with Crippen LogP contribution in [0.15, 0.2) is 12.1 Å². The van der Waals surface area contributed by atoms with E-state index in [0.29, 0.717) is 5.56 Å². The molecule has 0 saturated heterocycles. The summed E-state index contributed by atoms with van der Waals surface area (Å²) in [6, 6.07) is 2.56. The quantitative estimate of drug-likeness (QED) is 0.655. The van der Waals surface area contributed by atoms with Crippen molar-refractivity contribution in [3.05, 3.63) is 43.5 Å². The molecule has 2 unspecified atom stereocenters. The second-order valence-electron chi connectivity index (χ2n) is 4.26. The highest BCUT2D eigenvalue weighted by molar-refractivity contribution is 5.58. The molecular weight excluding hydrogens is 240 g/mol. The van der Waals surface area contributed by atoms with E-state index in [4.69, 9.17) is 0 Å². The summed E-state index contributed by atoms with van der Waals surface area (Å²) >= 11 is 0. The largest absolute Gasteiger partial charge is 0.393 e. The molecule has 0 fully saturated rings. The lowest BCUT2D eigenvalue weighted by atomic mass is 9.92. The molecule has 98 valence electrons. The average Bonchev–Trinajstić information content (AvgIpc) is 2.26. The van der Waals surface area contributed by atoms with E-state index in [1.54, 1.807) is 6.92 Å². The zero-order valence-electron chi connectivity index (χ0n) is 10.3. The Morgan fingerprint density at radius 2 is 1.50 bits per heavy atom. The van der Waals surface area contributed by atoms with Crippen molar-refractivity contribution in [1.82, 2.24) is 0 Å². The maximum atomic E-state index is 11.0. The minimum absolute atomic E-state index is 0.0365. The van der Waals surface area contributed by atoms with Gasteiger partial charge in [0.05, 0.1) is 16.0 Å². The Balaban J connectivity index is 3.61. The van der Waals surface area contributed by atoms with E-state index in [1.165, 1.54) is 26.0 Å². The van der Waals surface area contributed by atoms with Crippen LogP contribution >= 0.6 is 0 Å². The first-order chi connectivity index (χ1) is 8.25. The van der Waals surface area contributed by atoms with Crippen LogP contribution in [0.2, 0.25) is 0 Å². The van der Waals surface area contributed by atoms with E-state index in [-0.39, 0.29) is 16.9 Å². The molecule has 2 atom stereocenters. The Morgan fingerprint density at radius 3 is 1.78 bits per heavy atom. The zero-order chi connectivity index (χ0) is 14.0. The summed E-state index contributed by atoms with van der Waals surface area (Å²) in [6.45, 7) is 4.52. The van der Waals surface area contributed by atoms with Gasteiger partial charge in [0.1, 0.15) is 5.56 Å². The third-order valence-electron chi connectivity index (χ3n) is 2.85. The van der Waals surface area contributed by atoms with Crippen molar-refractivity contribution >= 4 is 11.4 Å². The van der Waals surface area contributed by atoms with Crippen molar-refractivity contribution in [2.45, 2.75) is 32.8 Å². The lowest BCUT2D eigenvalue weighted by Crippen LogP contribution is -2.15. The molecule has 0 aliphatic heterocycles. The molecule has 0 bridgehead atoms. The van der Waals surface area contributed by atoms with E-state index in [0.717, 1.165) is 0 Å². The normalized spacial score (nSPS) is 14.0. The smallest absolute Gasteiger partial charge is 0.280 e. The summed E-state index contributed by atoms with van der Waals surface area (Å²) in [7, 11) is 0. The van der Waals surface area contributed by atoms with Crippen LogP contribution in [0.4, 0.5) is 11.4 Å². The van der Waals surface area contributed by atoms with Gasteiger partial charge < -0.3 is 5.11 Å². The lowest BCUT2D eigenvalue weighted by Gasteiger charge is -2.15. The van der Waals surface area contributed by atoms with Gasteiger partial charge in [0.15, 0.2) is 0 Å². The lowest BCUT2D eigenvalue weighted by molar-refractivity contribution is -0.396. The van der Waals surface area contributed by atoms with Crippen molar-refractivity contribution in [2.24, 2.45) is 0 Å². The van der Waals surface area contributed by atoms with Crippen LogP contribution in [-0.4, -0.2) is 21.1 Å². The van der Waals surface area contributed by atoms with Crippen LogP contribution in [-0.2, 0) is 0 Å². The number of hydrogen-bond acceptors (Lipinski definition) is 5. The van der Waals surface area contributed by atoms with Gasteiger partial charge in [0.2, 0.25) is 0 Å². The summed E-state index contributed by atoms with van der Waals surface area (Å²) in [5.74, 6) is -0.689. The number of benzene rings is 1. The molecule has 0 saturated carbocycles. The second-order valence-corrected chi connectivity index (χ2v) is 4.26. The summed E-state index contributed by atoms with van der Waals surface area (Å²) in [4.78, 5) is 20.6. The monoisotopic (exact) mass is 254 g/mol. The summed E-state index contributed by atoms with van der Waals surface area (Å²) in [5.41, 5.74) is -0.245. The van der Waals surface area contributed by atoms with Crippen LogP contribution in [0.5, 0.6) is 0 Å². The van der Waals surface area contributed by atoms with E-state index < -0.39 is 21.9 Å². The molecule has 7 nitrogen and oxygen atoms in total.